The van der Waals surface area contributed by atoms with Gasteiger partial charge in [-0.15, -0.1) is 0 Å². The number of hydrogen-bond acceptors (Lipinski definition) is 4. The van der Waals surface area contributed by atoms with Gasteiger partial charge in [-0.2, -0.15) is 0 Å². The molecule has 0 aromatic heterocycles. The molecule has 2 heterocycles. The largest absolute Gasteiger partial charge is 0.374 e. The van der Waals surface area contributed by atoms with Gasteiger partial charge >= 0.3 is 0 Å². The molecule has 3 unspecified atom stereocenters. The van der Waals surface area contributed by atoms with E-state index in [0.29, 0.717) is 18.6 Å². The van der Waals surface area contributed by atoms with E-state index in [9.17, 15) is 4.79 Å². The lowest BCUT2D eigenvalue weighted by Crippen LogP contribution is -2.52. The zero-order valence-corrected chi connectivity index (χ0v) is 13.1. The molecule has 20 heavy (non-hydrogen) atoms. The summed E-state index contributed by atoms with van der Waals surface area (Å²) in [6.07, 6.45) is 3.71. The Kier molecular flexibility index (Phi) is 5.81. The molecule has 2 saturated heterocycles. The van der Waals surface area contributed by atoms with Crippen LogP contribution in [0.15, 0.2) is 0 Å². The highest BCUT2D eigenvalue weighted by molar-refractivity contribution is 5.79. The van der Waals surface area contributed by atoms with E-state index in [4.69, 9.17) is 4.74 Å². The summed E-state index contributed by atoms with van der Waals surface area (Å²) >= 11 is 0. The van der Waals surface area contributed by atoms with E-state index in [1.54, 1.807) is 0 Å². The van der Waals surface area contributed by atoms with E-state index in [1.165, 1.54) is 6.42 Å². The van der Waals surface area contributed by atoms with Crippen molar-refractivity contribution in [1.82, 2.24) is 15.1 Å². The zero-order chi connectivity index (χ0) is 14.5. The summed E-state index contributed by atoms with van der Waals surface area (Å²) < 4.78 is 5.69. The highest BCUT2D eigenvalue weighted by Gasteiger charge is 2.29. The zero-order valence-electron chi connectivity index (χ0n) is 13.1. The Morgan fingerprint density at radius 2 is 2.05 bits per heavy atom. The topological polar surface area (TPSA) is 44.8 Å². The third kappa shape index (κ3) is 4.17. The number of ether oxygens (including phenoxy) is 1. The number of hydrogen-bond donors (Lipinski definition) is 1. The number of amides is 1. The molecule has 2 aliphatic heterocycles. The minimum Gasteiger partial charge on any atom is -0.374 e. The average molecular weight is 283 g/mol. The third-order valence-electron chi connectivity index (χ3n) is 4.41. The Morgan fingerprint density at radius 1 is 1.35 bits per heavy atom. The molecular weight excluding hydrogens is 254 g/mol. The maximum absolute atomic E-state index is 12.5. The summed E-state index contributed by atoms with van der Waals surface area (Å²) in [6.45, 7) is 8.23. The highest BCUT2D eigenvalue weighted by atomic mass is 16.5. The molecule has 5 nitrogen and oxygen atoms in total. The Bertz CT molecular complexity index is 308. The van der Waals surface area contributed by atoms with Crippen LogP contribution in [0.3, 0.4) is 0 Å². The quantitative estimate of drug-likeness (QED) is 0.825. The van der Waals surface area contributed by atoms with Crippen LogP contribution in [0, 0.1) is 0 Å². The average Bonchev–Trinajstić information content (AvgIpc) is 2.39. The molecule has 2 aliphatic rings. The van der Waals surface area contributed by atoms with Gasteiger partial charge in [-0.05, 0) is 40.2 Å². The van der Waals surface area contributed by atoms with Gasteiger partial charge in [0.2, 0.25) is 5.91 Å². The maximum atomic E-state index is 12.5. The molecule has 0 bridgehead atoms. The third-order valence-corrected chi connectivity index (χ3v) is 4.41. The molecule has 0 aliphatic carbocycles. The molecule has 2 rings (SSSR count). The Labute approximate surface area is 122 Å². The Hall–Kier alpha value is -0.650. The molecule has 3 atom stereocenters. The second-order valence-corrected chi connectivity index (χ2v) is 6.32. The molecule has 1 amide bonds. The smallest absolute Gasteiger partial charge is 0.237 e. The van der Waals surface area contributed by atoms with Crippen LogP contribution in [0.25, 0.3) is 0 Å². The van der Waals surface area contributed by atoms with Crippen molar-refractivity contribution in [2.24, 2.45) is 0 Å². The van der Waals surface area contributed by atoms with Gasteiger partial charge in [0.15, 0.2) is 0 Å². The van der Waals surface area contributed by atoms with Gasteiger partial charge in [0.1, 0.15) is 0 Å². The van der Waals surface area contributed by atoms with Crippen molar-refractivity contribution in [2.75, 3.05) is 39.8 Å². The van der Waals surface area contributed by atoms with E-state index in [0.717, 1.165) is 39.1 Å². The number of nitrogens with one attached hydrogen (secondary N) is 1. The standard InChI is InChI=1S/C15H29N3O2/c1-12-5-4-6-13(2)18(12)15(19)11-17(3)10-14-9-16-7-8-20-14/h12-14,16H,4-11H2,1-3H3. The van der Waals surface area contributed by atoms with Gasteiger partial charge in [0.05, 0.1) is 19.3 Å². The second-order valence-electron chi connectivity index (χ2n) is 6.32. The van der Waals surface area contributed by atoms with Crippen LogP contribution < -0.4 is 5.32 Å². The summed E-state index contributed by atoms with van der Waals surface area (Å²) in [5.74, 6) is 0.260. The van der Waals surface area contributed by atoms with E-state index in [1.807, 2.05) is 7.05 Å². The Morgan fingerprint density at radius 3 is 2.65 bits per heavy atom. The lowest BCUT2D eigenvalue weighted by atomic mass is 9.97. The molecule has 0 saturated carbocycles. The summed E-state index contributed by atoms with van der Waals surface area (Å²) in [5, 5.41) is 3.32. The number of carbonyl (C=O) groups is 1. The summed E-state index contributed by atoms with van der Waals surface area (Å²) in [6, 6.07) is 0.763. The molecule has 0 radical (unpaired) electrons. The van der Waals surface area contributed by atoms with Crippen molar-refractivity contribution in [3.63, 3.8) is 0 Å². The van der Waals surface area contributed by atoms with Crippen molar-refractivity contribution >= 4 is 5.91 Å². The van der Waals surface area contributed by atoms with E-state index >= 15 is 0 Å². The van der Waals surface area contributed by atoms with Crippen molar-refractivity contribution in [3.05, 3.63) is 0 Å². The maximum Gasteiger partial charge on any atom is 0.237 e. The molecule has 5 heteroatoms. The van der Waals surface area contributed by atoms with Gasteiger partial charge in [-0.25, -0.2) is 0 Å². The van der Waals surface area contributed by atoms with Crippen LogP contribution in [0.2, 0.25) is 0 Å². The number of carbonyl (C=O) groups excluding carboxylic acids is 1. The van der Waals surface area contributed by atoms with Crippen LogP contribution >= 0.6 is 0 Å². The van der Waals surface area contributed by atoms with Crippen LogP contribution in [-0.2, 0) is 9.53 Å². The number of likely N-dealkylation sites (N-methyl/N-ethyl adjacent to an activating group) is 1. The first-order valence-corrected chi connectivity index (χ1v) is 7.90. The van der Waals surface area contributed by atoms with Gasteiger partial charge in [-0.3, -0.25) is 9.69 Å². The minimum atomic E-state index is 0.206. The van der Waals surface area contributed by atoms with Gasteiger partial charge < -0.3 is 15.0 Å². The van der Waals surface area contributed by atoms with Gasteiger partial charge in [0, 0.05) is 31.7 Å². The molecule has 116 valence electrons. The molecule has 0 aromatic rings. The predicted molar refractivity (Wildman–Crippen MR) is 79.7 cm³/mol. The molecular formula is C15H29N3O2. The number of rotatable bonds is 4. The summed E-state index contributed by atoms with van der Waals surface area (Å²) in [4.78, 5) is 16.7. The number of nitrogens with zero attached hydrogens (tertiary/aromatic N) is 2. The van der Waals surface area contributed by atoms with E-state index in [2.05, 4.69) is 29.0 Å². The fourth-order valence-electron chi connectivity index (χ4n) is 3.37. The minimum absolute atomic E-state index is 0.206. The summed E-state index contributed by atoms with van der Waals surface area (Å²) in [5.41, 5.74) is 0. The first-order chi connectivity index (χ1) is 9.58. The fraction of sp³-hybridized carbons (Fsp3) is 0.933. The summed E-state index contributed by atoms with van der Waals surface area (Å²) in [7, 11) is 2.01. The van der Waals surface area contributed by atoms with Crippen LogP contribution in [0.5, 0.6) is 0 Å². The van der Waals surface area contributed by atoms with Crippen molar-refractivity contribution in [2.45, 2.75) is 51.3 Å². The second kappa shape index (κ2) is 7.38. The predicted octanol–water partition coefficient (Wildman–Crippen LogP) is 0.696. The fourth-order valence-corrected chi connectivity index (χ4v) is 3.37. The molecule has 0 spiro atoms. The highest BCUT2D eigenvalue weighted by Crippen LogP contribution is 2.22. The lowest BCUT2D eigenvalue weighted by Gasteiger charge is -2.40. The molecule has 1 N–H and O–H groups in total. The van der Waals surface area contributed by atoms with E-state index in [-0.39, 0.29) is 12.0 Å². The SMILES string of the molecule is CC1CCCC(C)N1C(=O)CN(C)CC1CNCCO1. The van der Waals surface area contributed by atoms with Gasteiger partial charge in [0.25, 0.3) is 0 Å². The van der Waals surface area contributed by atoms with Crippen molar-refractivity contribution in [3.8, 4) is 0 Å². The lowest BCUT2D eigenvalue weighted by molar-refractivity contribution is -0.138. The monoisotopic (exact) mass is 283 g/mol. The van der Waals surface area contributed by atoms with Crippen molar-refractivity contribution in [1.29, 1.82) is 0 Å². The molecule has 0 aromatic carbocycles. The number of morpholine rings is 1. The van der Waals surface area contributed by atoms with Crippen LogP contribution in [-0.4, -0.2) is 73.7 Å². The molecule has 2 fully saturated rings. The number of likely N-dealkylation sites (tertiary alicyclic amines) is 1. The van der Waals surface area contributed by atoms with Crippen LogP contribution in [0.4, 0.5) is 0 Å². The van der Waals surface area contributed by atoms with Gasteiger partial charge in [-0.1, -0.05) is 0 Å². The number of piperidine rings is 1. The van der Waals surface area contributed by atoms with Crippen molar-refractivity contribution < 1.29 is 9.53 Å². The van der Waals surface area contributed by atoms with Crippen LogP contribution in [0.1, 0.15) is 33.1 Å². The van der Waals surface area contributed by atoms with E-state index < -0.39 is 0 Å². The first kappa shape index (κ1) is 15.7. The first-order valence-electron chi connectivity index (χ1n) is 7.90. The normalized spacial score (nSPS) is 31.6. The Balaban J connectivity index is 1.80.